The Morgan fingerprint density at radius 2 is 2.14 bits per heavy atom. The third-order valence-corrected chi connectivity index (χ3v) is 4.86. The highest BCUT2D eigenvalue weighted by Gasteiger charge is 2.40. The van der Waals surface area contributed by atoms with Crippen LogP contribution >= 0.6 is 0 Å². The summed E-state index contributed by atoms with van der Waals surface area (Å²) in [6.45, 7) is 3.44. The Morgan fingerprint density at radius 3 is 2.71 bits per heavy atom. The number of rotatable bonds is 5. The van der Waals surface area contributed by atoms with Crippen LogP contribution in [0.25, 0.3) is 0 Å². The Bertz CT molecular complexity index is 622. The molecule has 1 unspecified atom stereocenters. The number of primary sulfonamides is 1. The van der Waals surface area contributed by atoms with Gasteiger partial charge >= 0.3 is 0 Å². The molecule has 0 aliphatic carbocycles. The Morgan fingerprint density at radius 1 is 1.43 bits per heavy atom. The molecular weight excluding hydrogens is 290 g/mol. The summed E-state index contributed by atoms with van der Waals surface area (Å²) in [7, 11) is -3.87. The van der Waals surface area contributed by atoms with Crippen LogP contribution in [0.5, 0.6) is 0 Å². The molecule has 1 aliphatic rings. The number of nitrogens with one attached hydrogen (secondary N) is 2. The average molecular weight is 311 g/mol. The fourth-order valence-electron chi connectivity index (χ4n) is 2.82. The van der Waals surface area contributed by atoms with Gasteiger partial charge in [-0.15, -0.1) is 0 Å². The van der Waals surface area contributed by atoms with Crippen molar-refractivity contribution in [2.75, 3.05) is 18.4 Å². The molecule has 1 fully saturated rings. The van der Waals surface area contributed by atoms with Crippen LogP contribution in [0, 0.1) is 5.41 Å². The quantitative estimate of drug-likeness (QED) is 0.756. The molecule has 6 nitrogen and oxygen atoms in total. The van der Waals surface area contributed by atoms with Gasteiger partial charge in [0, 0.05) is 6.54 Å². The first kappa shape index (κ1) is 15.9. The molecule has 116 valence electrons. The molecule has 0 spiro atoms. The third-order valence-electron chi connectivity index (χ3n) is 3.90. The molecule has 4 N–H and O–H groups in total. The second kappa shape index (κ2) is 6.13. The molecule has 1 aromatic carbocycles. The minimum atomic E-state index is -3.87. The van der Waals surface area contributed by atoms with Gasteiger partial charge < -0.3 is 10.6 Å². The maximum absolute atomic E-state index is 12.6. The van der Waals surface area contributed by atoms with Gasteiger partial charge in [0.1, 0.15) is 4.90 Å². The van der Waals surface area contributed by atoms with Crippen molar-refractivity contribution in [1.29, 1.82) is 0 Å². The van der Waals surface area contributed by atoms with Crippen LogP contribution in [0.3, 0.4) is 0 Å². The summed E-state index contributed by atoms with van der Waals surface area (Å²) in [5.41, 5.74) is -0.229. The number of sulfonamides is 1. The fraction of sp³-hybridized carbons (Fsp3) is 0.500. The van der Waals surface area contributed by atoms with E-state index in [0.29, 0.717) is 6.54 Å². The monoisotopic (exact) mass is 311 g/mol. The van der Waals surface area contributed by atoms with Crippen molar-refractivity contribution in [1.82, 2.24) is 5.32 Å². The zero-order chi connectivity index (χ0) is 15.5. The SMILES string of the molecule is CCCC1(C(=O)Nc2ccccc2S(N)(=O)=O)CCNC1. The molecule has 1 aromatic rings. The number of benzene rings is 1. The topological polar surface area (TPSA) is 101 Å². The standard InChI is InChI=1S/C14H21N3O3S/c1-2-7-14(8-9-16-10-14)13(18)17-11-5-3-4-6-12(11)21(15,19)20/h3-6,16H,2,7-10H2,1H3,(H,17,18)(H2,15,19,20). The highest BCUT2D eigenvalue weighted by atomic mass is 32.2. The fourth-order valence-corrected chi connectivity index (χ4v) is 3.51. The summed E-state index contributed by atoms with van der Waals surface area (Å²) < 4.78 is 23.2. The average Bonchev–Trinajstić information content (AvgIpc) is 2.88. The third kappa shape index (κ3) is 3.42. The van der Waals surface area contributed by atoms with Gasteiger partial charge in [-0.25, -0.2) is 13.6 Å². The molecule has 0 radical (unpaired) electrons. The van der Waals surface area contributed by atoms with E-state index in [-0.39, 0.29) is 16.5 Å². The number of hydrogen-bond donors (Lipinski definition) is 3. The van der Waals surface area contributed by atoms with E-state index in [9.17, 15) is 13.2 Å². The molecule has 1 saturated heterocycles. The molecule has 2 rings (SSSR count). The number of amides is 1. The van der Waals surface area contributed by atoms with Gasteiger partial charge in [-0.3, -0.25) is 4.79 Å². The summed E-state index contributed by atoms with van der Waals surface area (Å²) in [4.78, 5) is 12.6. The molecule has 1 aliphatic heterocycles. The Hall–Kier alpha value is -1.44. The summed E-state index contributed by atoms with van der Waals surface area (Å²) >= 11 is 0. The van der Waals surface area contributed by atoms with E-state index in [0.717, 1.165) is 25.8 Å². The van der Waals surface area contributed by atoms with E-state index in [4.69, 9.17) is 5.14 Å². The van der Waals surface area contributed by atoms with Crippen molar-refractivity contribution in [3.05, 3.63) is 24.3 Å². The number of nitrogens with two attached hydrogens (primary N) is 1. The van der Waals surface area contributed by atoms with Crippen LogP contribution in [0.2, 0.25) is 0 Å². The Kier molecular flexibility index (Phi) is 4.65. The predicted molar refractivity (Wildman–Crippen MR) is 81.3 cm³/mol. The summed E-state index contributed by atoms with van der Waals surface area (Å²) in [5, 5.41) is 11.1. The molecule has 0 saturated carbocycles. The molecule has 1 amide bonds. The lowest BCUT2D eigenvalue weighted by Crippen LogP contribution is -2.38. The minimum Gasteiger partial charge on any atom is -0.324 e. The van der Waals surface area contributed by atoms with Crippen LogP contribution < -0.4 is 15.8 Å². The van der Waals surface area contributed by atoms with Crippen molar-refractivity contribution in [2.24, 2.45) is 10.6 Å². The van der Waals surface area contributed by atoms with Crippen molar-refractivity contribution in [3.63, 3.8) is 0 Å². The lowest BCUT2D eigenvalue weighted by Gasteiger charge is -2.26. The van der Waals surface area contributed by atoms with Gasteiger partial charge in [0.05, 0.1) is 11.1 Å². The van der Waals surface area contributed by atoms with Crippen LogP contribution in [-0.4, -0.2) is 27.4 Å². The van der Waals surface area contributed by atoms with Crippen LogP contribution in [0.15, 0.2) is 29.2 Å². The molecule has 1 atom stereocenters. The van der Waals surface area contributed by atoms with E-state index >= 15 is 0 Å². The van der Waals surface area contributed by atoms with Crippen LogP contribution in [-0.2, 0) is 14.8 Å². The molecule has 0 aromatic heterocycles. The Labute approximate surface area is 125 Å². The summed E-state index contributed by atoms with van der Waals surface area (Å²) in [6.07, 6.45) is 2.42. The predicted octanol–water partition coefficient (Wildman–Crippen LogP) is 1.05. The smallest absolute Gasteiger partial charge is 0.240 e. The first-order valence-corrected chi connectivity index (χ1v) is 8.58. The van der Waals surface area contributed by atoms with Gasteiger partial charge in [0.2, 0.25) is 15.9 Å². The lowest BCUT2D eigenvalue weighted by atomic mass is 9.81. The van der Waals surface area contributed by atoms with E-state index in [1.165, 1.54) is 6.07 Å². The van der Waals surface area contributed by atoms with Gasteiger partial charge in [-0.2, -0.15) is 0 Å². The second-order valence-corrected chi connectivity index (χ2v) is 6.98. The van der Waals surface area contributed by atoms with Crippen molar-refractivity contribution >= 4 is 21.6 Å². The second-order valence-electron chi connectivity index (χ2n) is 5.45. The number of anilines is 1. The van der Waals surface area contributed by atoms with Crippen LogP contribution in [0.4, 0.5) is 5.69 Å². The van der Waals surface area contributed by atoms with Crippen molar-refractivity contribution in [3.8, 4) is 0 Å². The van der Waals surface area contributed by atoms with E-state index in [2.05, 4.69) is 10.6 Å². The van der Waals surface area contributed by atoms with Gasteiger partial charge in [0.25, 0.3) is 0 Å². The van der Waals surface area contributed by atoms with Crippen molar-refractivity contribution in [2.45, 2.75) is 31.1 Å². The molecule has 0 bridgehead atoms. The van der Waals surface area contributed by atoms with Gasteiger partial charge in [-0.05, 0) is 31.5 Å². The van der Waals surface area contributed by atoms with Gasteiger partial charge in [0.15, 0.2) is 0 Å². The first-order chi connectivity index (χ1) is 9.89. The van der Waals surface area contributed by atoms with E-state index < -0.39 is 15.4 Å². The maximum atomic E-state index is 12.6. The molecule has 21 heavy (non-hydrogen) atoms. The zero-order valence-corrected chi connectivity index (χ0v) is 12.9. The van der Waals surface area contributed by atoms with Gasteiger partial charge in [-0.1, -0.05) is 25.5 Å². The highest BCUT2D eigenvalue weighted by molar-refractivity contribution is 7.89. The molecular formula is C14H21N3O3S. The lowest BCUT2D eigenvalue weighted by molar-refractivity contribution is -0.125. The van der Waals surface area contributed by atoms with Crippen molar-refractivity contribution < 1.29 is 13.2 Å². The van der Waals surface area contributed by atoms with Crippen LogP contribution in [0.1, 0.15) is 26.2 Å². The molecule has 1 heterocycles. The van der Waals surface area contributed by atoms with E-state index in [1.54, 1.807) is 18.2 Å². The normalized spacial score (nSPS) is 22.2. The summed E-state index contributed by atoms with van der Waals surface area (Å²) in [5.74, 6) is -0.148. The highest BCUT2D eigenvalue weighted by Crippen LogP contribution is 2.33. The first-order valence-electron chi connectivity index (χ1n) is 7.03. The molecule has 7 heteroatoms. The number of hydrogen-bond acceptors (Lipinski definition) is 4. The van der Waals surface area contributed by atoms with E-state index in [1.807, 2.05) is 6.92 Å². The number of carbonyl (C=O) groups excluding carboxylic acids is 1. The summed E-state index contributed by atoms with van der Waals surface area (Å²) in [6, 6.07) is 6.20. The zero-order valence-electron chi connectivity index (χ0n) is 12.1. The largest absolute Gasteiger partial charge is 0.324 e. The minimum absolute atomic E-state index is 0.0593. The maximum Gasteiger partial charge on any atom is 0.240 e. The number of carbonyl (C=O) groups is 1. The number of para-hydroxylation sites is 1. The Balaban J connectivity index is 2.28.